The van der Waals surface area contributed by atoms with Gasteiger partial charge >= 0.3 is 0 Å². The van der Waals surface area contributed by atoms with E-state index in [0.29, 0.717) is 37.3 Å². The summed E-state index contributed by atoms with van der Waals surface area (Å²) in [6, 6.07) is 5.65. The fourth-order valence-electron chi connectivity index (χ4n) is 2.26. The van der Waals surface area contributed by atoms with Crippen LogP contribution in [0.1, 0.15) is 12.8 Å². The Morgan fingerprint density at radius 2 is 2.04 bits per heavy atom. The monoisotopic (exact) mass is 367 g/mol. The highest BCUT2D eigenvalue weighted by Crippen LogP contribution is 2.24. The molecule has 0 unspecified atom stereocenters. The van der Waals surface area contributed by atoms with E-state index in [1.54, 1.807) is 11.8 Å². The molecule has 134 valence electrons. The van der Waals surface area contributed by atoms with E-state index < -0.39 is 0 Å². The van der Waals surface area contributed by atoms with E-state index in [9.17, 15) is 9.18 Å². The van der Waals surface area contributed by atoms with E-state index in [1.165, 1.54) is 36.0 Å². The number of benzene rings is 1. The van der Waals surface area contributed by atoms with Crippen molar-refractivity contribution in [3.05, 3.63) is 36.0 Å². The number of rotatable bonds is 6. The van der Waals surface area contributed by atoms with Crippen molar-refractivity contribution in [3.8, 4) is 5.75 Å². The largest absolute Gasteiger partial charge is 0.484 e. The number of halogens is 1. The predicted octanol–water partition coefficient (Wildman–Crippen LogP) is 2.13. The van der Waals surface area contributed by atoms with Gasteiger partial charge in [0, 0.05) is 13.1 Å². The third-order valence-electron chi connectivity index (χ3n) is 3.57. The summed E-state index contributed by atoms with van der Waals surface area (Å²) in [7, 11) is 0. The average Bonchev–Trinajstić information content (AvgIpc) is 3.08. The second-order valence-corrected chi connectivity index (χ2v) is 6.69. The molecule has 1 saturated heterocycles. The van der Waals surface area contributed by atoms with Gasteiger partial charge in [0.15, 0.2) is 6.61 Å². The van der Waals surface area contributed by atoms with Gasteiger partial charge in [-0.1, -0.05) is 11.8 Å². The molecule has 25 heavy (non-hydrogen) atoms. The van der Waals surface area contributed by atoms with Crippen LogP contribution >= 0.6 is 11.8 Å². The van der Waals surface area contributed by atoms with E-state index in [1.807, 2.05) is 0 Å². The number of hydrogen-bond acceptors (Lipinski definition) is 7. The maximum Gasteiger partial charge on any atom is 0.277 e. The summed E-state index contributed by atoms with van der Waals surface area (Å²) < 4.78 is 29.0. The Hall–Kier alpha value is -2.13. The number of morpholine rings is 1. The fraction of sp³-hybridized carbons (Fsp3) is 0.438. The molecule has 0 bridgehead atoms. The zero-order valence-electron chi connectivity index (χ0n) is 13.7. The van der Waals surface area contributed by atoms with Crippen LogP contribution in [0.15, 0.2) is 33.9 Å². The number of thioether (sulfide) groups is 1. The van der Waals surface area contributed by atoms with Crippen LogP contribution < -0.4 is 4.74 Å². The van der Waals surface area contributed by atoms with Crippen LogP contribution in [0.4, 0.5) is 4.39 Å². The topological polar surface area (TPSA) is 77.7 Å². The SMILES string of the molecule is C[C@H](Sc1nnc(COc2ccc(F)cc2)o1)C(=O)N1CCOCC1. The van der Waals surface area contributed by atoms with Crippen molar-refractivity contribution in [1.82, 2.24) is 15.1 Å². The lowest BCUT2D eigenvalue weighted by Gasteiger charge is -2.28. The molecule has 1 aliphatic rings. The van der Waals surface area contributed by atoms with E-state index in [4.69, 9.17) is 13.9 Å². The Balaban J connectivity index is 1.50. The summed E-state index contributed by atoms with van der Waals surface area (Å²) in [6.45, 7) is 4.21. The molecule has 0 radical (unpaired) electrons. The van der Waals surface area contributed by atoms with Crippen molar-refractivity contribution in [1.29, 1.82) is 0 Å². The Morgan fingerprint density at radius 1 is 1.32 bits per heavy atom. The van der Waals surface area contributed by atoms with E-state index in [0.717, 1.165) is 0 Å². The molecule has 1 amide bonds. The van der Waals surface area contributed by atoms with Gasteiger partial charge in [-0.3, -0.25) is 4.79 Å². The maximum atomic E-state index is 12.8. The van der Waals surface area contributed by atoms with Crippen LogP contribution in [0.3, 0.4) is 0 Å². The van der Waals surface area contributed by atoms with E-state index in [-0.39, 0.29) is 29.5 Å². The van der Waals surface area contributed by atoms with Gasteiger partial charge in [0.2, 0.25) is 5.91 Å². The van der Waals surface area contributed by atoms with Crippen LogP contribution in [-0.4, -0.2) is 52.6 Å². The van der Waals surface area contributed by atoms with Crippen LogP contribution in [0.25, 0.3) is 0 Å². The summed E-state index contributed by atoms with van der Waals surface area (Å²) in [4.78, 5) is 14.1. The molecule has 1 fully saturated rings. The first-order valence-electron chi connectivity index (χ1n) is 7.86. The highest BCUT2D eigenvalue weighted by atomic mass is 32.2. The maximum absolute atomic E-state index is 12.8. The fourth-order valence-corrected chi connectivity index (χ4v) is 3.05. The lowest BCUT2D eigenvalue weighted by molar-refractivity contribution is -0.134. The first kappa shape index (κ1) is 17.7. The molecule has 0 N–H and O–H groups in total. The molecular formula is C16H18FN3O4S. The van der Waals surface area contributed by atoms with Gasteiger partial charge in [0.05, 0.1) is 18.5 Å². The van der Waals surface area contributed by atoms with Crippen molar-refractivity contribution in [2.45, 2.75) is 24.0 Å². The third-order valence-corrected chi connectivity index (χ3v) is 4.49. The van der Waals surface area contributed by atoms with Gasteiger partial charge in [-0.2, -0.15) is 0 Å². The number of hydrogen-bond donors (Lipinski definition) is 0. The number of aromatic nitrogens is 2. The molecular weight excluding hydrogens is 349 g/mol. The number of carbonyl (C=O) groups is 1. The van der Waals surface area contributed by atoms with Crippen LogP contribution in [0.2, 0.25) is 0 Å². The minimum absolute atomic E-state index is 0.0237. The smallest absolute Gasteiger partial charge is 0.277 e. The van der Waals surface area contributed by atoms with E-state index >= 15 is 0 Å². The molecule has 0 saturated carbocycles. The minimum atomic E-state index is -0.331. The quantitative estimate of drug-likeness (QED) is 0.724. The molecule has 0 aliphatic carbocycles. The van der Waals surface area contributed by atoms with Crippen molar-refractivity contribution in [2.24, 2.45) is 0 Å². The number of carbonyl (C=O) groups excluding carboxylic acids is 1. The molecule has 9 heteroatoms. The van der Waals surface area contributed by atoms with Gasteiger partial charge in [0.25, 0.3) is 11.1 Å². The Labute approximate surface area is 148 Å². The molecule has 1 aliphatic heterocycles. The molecule has 1 aromatic heterocycles. The summed E-state index contributed by atoms with van der Waals surface area (Å²) >= 11 is 1.21. The van der Waals surface area contributed by atoms with Crippen molar-refractivity contribution < 1.29 is 23.1 Å². The zero-order valence-corrected chi connectivity index (χ0v) is 14.5. The van der Waals surface area contributed by atoms with Gasteiger partial charge in [-0.05, 0) is 31.2 Å². The molecule has 1 atom stereocenters. The summed E-state index contributed by atoms with van der Waals surface area (Å²) in [5, 5.41) is 7.80. The highest BCUT2D eigenvalue weighted by Gasteiger charge is 2.25. The minimum Gasteiger partial charge on any atom is -0.484 e. The van der Waals surface area contributed by atoms with Gasteiger partial charge < -0.3 is 18.8 Å². The normalized spacial score (nSPS) is 15.8. The van der Waals surface area contributed by atoms with Crippen LogP contribution in [-0.2, 0) is 16.1 Å². The van der Waals surface area contributed by atoms with Gasteiger partial charge in [-0.25, -0.2) is 4.39 Å². The average molecular weight is 367 g/mol. The molecule has 1 aromatic carbocycles. The summed E-state index contributed by atoms with van der Waals surface area (Å²) in [5.74, 6) is 0.487. The lowest BCUT2D eigenvalue weighted by Crippen LogP contribution is -2.44. The molecule has 7 nitrogen and oxygen atoms in total. The number of amides is 1. The number of ether oxygens (including phenoxy) is 2. The summed E-state index contributed by atoms with van der Waals surface area (Å²) in [6.07, 6.45) is 0. The highest BCUT2D eigenvalue weighted by molar-refractivity contribution is 8.00. The van der Waals surface area contributed by atoms with Gasteiger partial charge in [-0.15, -0.1) is 10.2 Å². The van der Waals surface area contributed by atoms with Crippen molar-refractivity contribution >= 4 is 17.7 Å². The standard InChI is InChI=1S/C16H18FN3O4S/c1-11(15(21)20-6-8-22-9-7-20)25-16-19-18-14(24-16)10-23-13-4-2-12(17)3-5-13/h2-5,11H,6-10H2,1H3/t11-/m0/s1. The van der Waals surface area contributed by atoms with Crippen molar-refractivity contribution in [3.63, 3.8) is 0 Å². The first-order chi connectivity index (χ1) is 12.1. The molecule has 0 spiro atoms. The number of nitrogens with zero attached hydrogens (tertiary/aromatic N) is 3. The Bertz CT molecular complexity index is 704. The Morgan fingerprint density at radius 3 is 2.76 bits per heavy atom. The summed E-state index contributed by atoms with van der Waals surface area (Å²) in [5.41, 5.74) is 0. The second-order valence-electron chi connectivity index (χ2n) is 5.40. The zero-order chi connectivity index (χ0) is 17.6. The predicted molar refractivity (Wildman–Crippen MR) is 87.7 cm³/mol. The second kappa shape index (κ2) is 8.30. The van der Waals surface area contributed by atoms with E-state index in [2.05, 4.69) is 10.2 Å². The first-order valence-corrected chi connectivity index (χ1v) is 8.74. The van der Waals surface area contributed by atoms with Crippen LogP contribution in [0, 0.1) is 5.82 Å². The van der Waals surface area contributed by atoms with Crippen molar-refractivity contribution in [2.75, 3.05) is 26.3 Å². The Kier molecular flexibility index (Phi) is 5.87. The molecule has 2 aromatic rings. The third kappa shape index (κ3) is 4.93. The van der Waals surface area contributed by atoms with Crippen LogP contribution in [0.5, 0.6) is 5.75 Å². The van der Waals surface area contributed by atoms with Gasteiger partial charge in [0.1, 0.15) is 11.6 Å². The lowest BCUT2D eigenvalue weighted by atomic mass is 10.3. The molecule has 3 rings (SSSR count). The molecule has 2 heterocycles.